The van der Waals surface area contributed by atoms with E-state index in [1.165, 1.54) is 5.56 Å². The van der Waals surface area contributed by atoms with Crippen molar-refractivity contribution in [2.75, 3.05) is 18.1 Å². The Kier molecular flexibility index (Phi) is 4.71. The maximum absolute atomic E-state index is 12.0. The van der Waals surface area contributed by atoms with Crippen LogP contribution in [0.25, 0.3) is 0 Å². The summed E-state index contributed by atoms with van der Waals surface area (Å²) in [4.78, 5) is 12.0. The largest absolute Gasteiger partial charge is 0.355 e. The first kappa shape index (κ1) is 16.0. The van der Waals surface area contributed by atoms with Crippen LogP contribution in [-0.2, 0) is 20.0 Å². The van der Waals surface area contributed by atoms with Crippen molar-refractivity contribution >= 4 is 15.7 Å². The Morgan fingerprint density at radius 2 is 1.95 bits per heavy atom. The van der Waals surface area contributed by atoms with Crippen LogP contribution in [-0.4, -0.2) is 32.4 Å². The molecule has 1 N–H and O–H groups in total. The summed E-state index contributed by atoms with van der Waals surface area (Å²) < 4.78 is 22.8. The summed E-state index contributed by atoms with van der Waals surface area (Å²) in [5, 5.41) is 2.94. The molecule has 0 aliphatic carbocycles. The fraction of sp³-hybridized carbons (Fsp3) is 0.562. The molecule has 4 nitrogen and oxygen atoms in total. The van der Waals surface area contributed by atoms with E-state index in [4.69, 9.17) is 0 Å². The highest BCUT2D eigenvalue weighted by atomic mass is 32.2. The Morgan fingerprint density at radius 1 is 1.29 bits per heavy atom. The normalized spacial score (nSPS) is 21.1. The summed E-state index contributed by atoms with van der Waals surface area (Å²) in [6, 6.07) is 10.1. The summed E-state index contributed by atoms with van der Waals surface area (Å²) in [6.07, 6.45) is 0.919. The predicted molar refractivity (Wildman–Crippen MR) is 83.9 cm³/mol. The van der Waals surface area contributed by atoms with Gasteiger partial charge in [0.2, 0.25) is 5.91 Å². The Labute approximate surface area is 126 Å². The van der Waals surface area contributed by atoms with E-state index in [1.54, 1.807) is 0 Å². The zero-order valence-corrected chi connectivity index (χ0v) is 13.4. The van der Waals surface area contributed by atoms with Crippen LogP contribution in [0.2, 0.25) is 0 Å². The molecule has 1 amide bonds. The van der Waals surface area contributed by atoms with Crippen LogP contribution in [0.15, 0.2) is 30.3 Å². The van der Waals surface area contributed by atoms with Gasteiger partial charge in [0.05, 0.1) is 11.5 Å². The molecule has 2 rings (SSSR count). The second-order valence-electron chi connectivity index (χ2n) is 6.50. The standard InChI is InChI=1S/C16H23NO3S/c1-16(2,14-6-4-3-5-7-14)12-17-15(18)10-13-8-9-21(19,20)11-13/h3-7,13H,8-12H2,1-2H3,(H,17,18). The van der Waals surface area contributed by atoms with Crippen LogP contribution in [0.5, 0.6) is 0 Å². The highest BCUT2D eigenvalue weighted by Crippen LogP contribution is 2.23. The van der Waals surface area contributed by atoms with Crippen molar-refractivity contribution in [3.05, 3.63) is 35.9 Å². The van der Waals surface area contributed by atoms with E-state index < -0.39 is 9.84 Å². The number of amides is 1. The topological polar surface area (TPSA) is 63.2 Å². The molecule has 1 fully saturated rings. The molecular formula is C16H23NO3S. The van der Waals surface area contributed by atoms with Crippen LogP contribution < -0.4 is 5.32 Å². The monoisotopic (exact) mass is 309 g/mol. The van der Waals surface area contributed by atoms with Crippen molar-refractivity contribution in [1.29, 1.82) is 0 Å². The molecule has 1 aliphatic heterocycles. The first-order valence-electron chi connectivity index (χ1n) is 7.31. The molecule has 0 saturated carbocycles. The molecule has 0 spiro atoms. The quantitative estimate of drug-likeness (QED) is 0.903. The minimum Gasteiger partial charge on any atom is -0.355 e. The summed E-state index contributed by atoms with van der Waals surface area (Å²) in [7, 11) is -2.91. The lowest BCUT2D eigenvalue weighted by Crippen LogP contribution is -2.37. The summed E-state index contributed by atoms with van der Waals surface area (Å²) in [6.45, 7) is 4.72. The fourth-order valence-corrected chi connectivity index (χ4v) is 4.54. The maximum atomic E-state index is 12.0. The van der Waals surface area contributed by atoms with Gasteiger partial charge < -0.3 is 5.32 Å². The van der Waals surface area contributed by atoms with E-state index in [-0.39, 0.29) is 28.7 Å². The van der Waals surface area contributed by atoms with Gasteiger partial charge in [0, 0.05) is 18.4 Å². The Bertz CT molecular complexity index is 593. The van der Waals surface area contributed by atoms with Gasteiger partial charge in [0.1, 0.15) is 0 Å². The zero-order valence-electron chi connectivity index (χ0n) is 12.6. The van der Waals surface area contributed by atoms with Gasteiger partial charge in [0.25, 0.3) is 0 Å². The third-order valence-electron chi connectivity index (χ3n) is 4.08. The van der Waals surface area contributed by atoms with Crippen LogP contribution in [0.3, 0.4) is 0 Å². The van der Waals surface area contributed by atoms with E-state index >= 15 is 0 Å². The molecule has 1 unspecified atom stereocenters. The molecule has 1 aromatic rings. The molecular weight excluding hydrogens is 286 g/mol. The number of nitrogens with one attached hydrogen (secondary N) is 1. The van der Waals surface area contributed by atoms with E-state index in [0.29, 0.717) is 19.4 Å². The number of hydrogen-bond donors (Lipinski definition) is 1. The molecule has 1 heterocycles. The third kappa shape index (κ3) is 4.56. The van der Waals surface area contributed by atoms with E-state index in [2.05, 4.69) is 31.3 Å². The van der Waals surface area contributed by atoms with Gasteiger partial charge in [0.15, 0.2) is 9.84 Å². The molecule has 1 saturated heterocycles. The molecule has 5 heteroatoms. The van der Waals surface area contributed by atoms with Crippen molar-refractivity contribution in [3.8, 4) is 0 Å². The number of benzene rings is 1. The zero-order chi connectivity index (χ0) is 15.5. The van der Waals surface area contributed by atoms with Crippen LogP contribution in [0.4, 0.5) is 0 Å². The van der Waals surface area contributed by atoms with E-state index in [1.807, 2.05) is 18.2 Å². The number of rotatable bonds is 5. The second kappa shape index (κ2) is 6.18. The SMILES string of the molecule is CC(C)(CNC(=O)CC1CCS(=O)(=O)C1)c1ccccc1. The fourth-order valence-electron chi connectivity index (χ4n) is 2.68. The molecule has 1 atom stereocenters. The highest BCUT2D eigenvalue weighted by Gasteiger charge is 2.30. The molecule has 21 heavy (non-hydrogen) atoms. The number of hydrogen-bond acceptors (Lipinski definition) is 3. The van der Waals surface area contributed by atoms with Crippen molar-refractivity contribution in [2.24, 2.45) is 5.92 Å². The molecule has 0 radical (unpaired) electrons. The number of sulfone groups is 1. The highest BCUT2D eigenvalue weighted by molar-refractivity contribution is 7.91. The average Bonchev–Trinajstić information content (AvgIpc) is 2.77. The smallest absolute Gasteiger partial charge is 0.220 e. The lowest BCUT2D eigenvalue weighted by molar-refractivity contribution is -0.122. The van der Waals surface area contributed by atoms with Crippen molar-refractivity contribution in [3.63, 3.8) is 0 Å². The molecule has 1 aliphatic rings. The van der Waals surface area contributed by atoms with Crippen LogP contribution in [0.1, 0.15) is 32.3 Å². The lowest BCUT2D eigenvalue weighted by Gasteiger charge is -2.26. The van der Waals surface area contributed by atoms with E-state index in [0.717, 1.165) is 0 Å². The van der Waals surface area contributed by atoms with Gasteiger partial charge in [-0.15, -0.1) is 0 Å². The summed E-state index contributed by atoms with van der Waals surface area (Å²) in [5.41, 5.74) is 1.03. The molecule has 0 aromatic heterocycles. The number of carbonyl (C=O) groups is 1. The first-order chi connectivity index (χ1) is 9.78. The molecule has 1 aromatic carbocycles. The second-order valence-corrected chi connectivity index (χ2v) is 8.73. The van der Waals surface area contributed by atoms with Gasteiger partial charge in [-0.3, -0.25) is 4.79 Å². The first-order valence-corrected chi connectivity index (χ1v) is 9.13. The predicted octanol–water partition coefficient (Wildman–Crippen LogP) is 1.91. The third-order valence-corrected chi connectivity index (χ3v) is 5.92. The maximum Gasteiger partial charge on any atom is 0.220 e. The van der Waals surface area contributed by atoms with Crippen LogP contribution >= 0.6 is 0 Å². The van der Waals surface area contributed by atoms with E-state index in [9.17, 15) is 13.2 Å². The minimum absolute atomic E-state index is 0.0187. The molecule has 116 valence electrons. The minimum atomic E-state index is -2.91. The Morgan fingerprint density at radius 3 is 2.52 bits per heavy atom. The Hall–Kier alpha value is -1.36. The van der Waals surface area contributed by atoms with Crippen molar-refractivity contribution < 1.29 is 13.2 Å². The van der Waals surface area contributed by atoms with Crippen LogP contribution in [0, 0.1) is 5.92 Å². The summed E-state index contributed by atoms with van der Waals surface area (Å²) in [5.74, 6) is 0.305. The summed E-state index contributed by atoms with van der Waals surface area (Å²) >= 11 is 0. The van der Waals surface area contributed by atoms with Gasteiger partial charge in [-0.25, -0.2) is 8.42 Å². The average molecular weight is 309 g/mol. The van der Waals surface area contributed by atoms with Crippen molar-refractivity contribution in [1.82, 2.24) is 5.32 Å². The van der Waals surface area contributed by atoms with Gasteiger partial charge >= 0.3 is 0 Å². The molecule has 0 bridgehead atoms. The van der Waals surface area contributed by atoms with Gasteiger partial charge in [-0.2, -0.15) is 0 Å². The van der Waals surface area contributed by atoms with Crippen molar-refractivity contribution in [2.45, 2.75) is 32.1 Å². The Balaban J connectivity index is 1.84. The number of carbonyl (C=O) groups excluding carboxylic acids is 1. The lowest BCUT2D eigenvalue weighted by atomic mass is 9.84. The van der Waals surface area contributed by atoms with Gasteiger partial charge in [-0.1, -0.05) is 44.2 Å². The van der Waals surface area contributed by atoms with Gasteiger partial charge in [-0.05, 0) is 17.9 Å².